The van der Waals surface area contributed by atoms with Gasteiger partial charge in [0.05, 0.1) is 22.0 Å². The maximum Gasteiger partial charge on any atom is 0.261 e. The summed E-state index contributed by atoms with van der Waals surface area (Å²) in [7, 11) is -3.78. The van der Waals surface area contributed by atoms with E-state index in [2.05, 4.69) is 10.0 Å². The van der Waals surface area contributed by atoms with E-state index in [1.807, 2.05) is 38.1 Å². The van der Waals surface area contributed by atoms with Crippen LogP contribution in [0.3, 0.4) is 0 Å². The number of carbonyl (C=O) groups is 1. The van der Waals surface area contributed by atoms with Gasteiger partial charge >= 0.3 is 0 Å². The molecule has 0 aliphatic carbocycles. The fourth-order valence-corrected chi connectivity index (χ4v) is 4.01. The second-order valence-corrected chi connectivity index (χ2v) is 9.12. The van der Waals surface area contributed by atoms with Crippen LogP contribution in [-0.4, -0.2) is 27.5 Å². The predicted octanol–water partition coefficient (Wildman–Crippen LogP) is 4.57. The van der Waals surface area contributed by atoms with Crippen molar-refractivity contribution in [2.45, 2.75) is 18.7 Å². The zero-order valence-corrected chi connectivity index (χ0v) is 18.8. The van der Waals surface area contributed by atoms with E-state index in [9.17, 15) is 13.2 Å². The predicted molar refractivity (Wildman–Crippen MR) is 122 cm³/mol. The molecule has 0 radical (unpaired) electrons. The number of hydrogen-bond acceptors (Lipinski definition) is 4. The van der Waals surface area contributed by atoms with Gasteiger partial charge in [-0.05, 0) is 56.3 Å². The molecule has 0 bridgehead atoms. The Balaban J connectivity index is 1.62. The van der Waals surface area contributed by atoms with Gasteiger partial charge in [0.25, 0.3) is 15.9 Å². The van der Waals surface area contributed by atoms with Crippen molar-refractivity contribution in [3.8, 4) is 5.75 Å². The van der Waals surface area contributed by atoms with Gasteiger partial charge in [0, 0.05) is 5.69 Å². The largest absolute Gasteiger partial charge is 0.492 e. The number of nitrogens with one attached hydrogen (secondary N) is 2. The molecule has 0 saturated carbocycles. The third-order valence-electron chi connectivity index (χ3n) is 4.47. The second-order valence-electron chi connectivity index (χ2n) is 7.03. The standard InChI is InChI=1S/C23H23ClN2O4S/c1-16-3-8-19(9-4-16)30-14-13-25-23(27)21-15-18(7-12-22(21)24)26-31(28,29)20-10-5-17(2)6-11-20/h3-12,15,26H,13-14H2,1-2H3,(H,25,27). The van der Waals surface area contributed by atoms with Crippen molar-refractivity contribution in [3.63, 3.8) is 0 Å². The summed E-state index contributed by atoms with van der Waals surface area (Å²) in [5.41, 5.74) is 2.50. The van der Waals surface area contributed by atoms with E-state index in [0.717, 1.165) is 11.1 Å². The van der Waals surface area contributed by atoms with Crippen molar-refractivity contribution < 1.29 is 17.9 Å². The van der Waals surface area contributed by atoms with Gasteiger partial charge in [0.15, 0.2) is 0 Å². The lowest BCUT2D eigenvalue weighted by Gasteiger charge is -2.12. The molecule has 162 valence electrons. The summed E-state index contributed by atoms with van der Waals surface area (Å²) < 4.78 is 33.2. The molecule has 8 heteroatoms. The Morgan fingerprint density at radius 1 is 0.935 bits per heavy atom. The number of aryl methyl sites for hydroxylation is 2. The summed E-state index contributed by atoms with van der Waals surface area (Å²) in [6.07, 6.45) is 0. The lowest BCUT2D eigenvalue weighted by Crippen LogP contribution is -2.28. The van der Waals surface area contributed by atoms with Crippen LogP contribution in [0.2, 0.25) is 5.02 Å². The van der Waals surface area contributed by atoms with E-state index in [1.54, 1.807) is 12.1 Å². The van der Waals surface area contributed by atoms with Gasteiger partial charge in [-0.25, -0.2) is 8.42 Å². The molecule has 0 fully saturated rings. The Bertz CT molecular complexity index is 1160. The molecule has 0 atom stereocenters. The topological polar surface area (TPSA) is 84.5 Å². The van der Waals surface area contributed by atoms with Crippen LogP contribution in [0.1, 0.15) is 21.5 Å². The molecule has 6 nitrogen and oxygen atoms in total. The molecule has 3 rings (SSSR count). The minimum absolute atomic E-state index is 0.132. The highest BCUT2D eigenvalue weighted by molar-refractivity contribution is 7.92. The van der Waals surface area contributed by atoms with Crippen molar-refractivity contribution in [1.29, 1.82) is 0 Å². The van der Waals surface area contributed by atoms with Crippen LogP contribution >= 0.6 is 11.6 Å². The van der Waals surface area contributed by atoms with Gasteiger partial charge in [-0.3, -0.25) is 9.52 Å². The van der Waals surface area contributed by atoms with Gasteiger partial charge in [-0.15, -0.1) is 0 Å². The maximum atomic E-state index is 12.6. The number of sulfonamides is 1. The van der Waals surface area contributed by atoms with Crippen LogP contribution in [0.4, 0.5) is 5.69 Å². The Morgan fingerprint density at radius 2 is 1.55 bits per heavy atom. The lowest BCUT2D eigenvalue weighted by molar-refractivity contribution is 0.0947. The van der Waals surface area contributed by atoms with Crippen LogP contribution in [-0.2, 0) is 10.0 Å². The van der Waals surface area contributed by atoms with E-state index in [1.165, 1.54) is 30.3 Å². The monoisotopic (exact) mass is 458 g/mol. The van der Waals surface area contributed by atoms with Gasteiger partial charge in [-0.2, -0.15) is 0 Å². The van der Waals surface area contributed by atoms with Crippen molar-refractivity contribution in [2.75, 3.05) is 17.9 Å². The molecule has 2 N–H and O–H groups in total. The molecule has 0 aliphatic rings. The molecule has 0 unspecified atom stereocenters. The third kappa shape index (κ3) is 6.23. The first kappa shape index (κ1) is 22.7. The molecule has 0 spiro atoms. The van der Waals surface area contributed by atoms with E-state index >= 15 is 0 Å². The zero-order valence-electron chi connectivity index (χ0n) is 17.2. The number of amides is 1. The normalized spacial score (nSPS) is 11.1. The summed E-state index contributed by atoms with van der Waals surface area (Å²) >= 11 is 6.15. The number of hydrogen-bond donors (Lipinski definition) is 2. The average Bonchev–Trinajstić information content (AvgIpc) is 2.74. The van der Waals surface area contributed by atoms with Crippen molar-refractivity contribution in [3.05, 3.63) is 88.4 Å². The van der Waals surface area contributed by atoms with Crippen LogP contribution in [0.15, 0.2) is 71.6 Å². The first-order valence-electron chi connectivity index (χ1n) is 9.61. The summed E-state index contributed by atoms with van der Waals surface area (Å²) in [5, 5.41) is 2.94. The Morgan fingerprint density at radius 3 is 2.19 bits per heavy atom. The fraction of sp³-hybridized carbons (Fsp3) is 0.174. The van der Waals surface area contributed by atoms with Gasteiger partial charge < -0.3 is 10.1 Å². The third-order valence-corrected chi connectivity index (χ3v) is 6.20. The Hall–Kier alpha value is -3.03. The number of anilines is 1. The summed E-state index contributed by atoms with van der Waals surface area (Å²) in [4.78, 5) is 12.7. The van der Waals surface area contributed by atoms with E-state index in [-0.39, 0.29) is 34.3 Å². The van der Waals surface area contributed by atoms with E-state index in [4.69, 9.17) is 16.3 Å². The minimum Gasteiger partial charge on any atom is -0.492 e. The molecule has 3 aromatic carbocycles. The smallest absolute Gasteiger partial charge is 0.261 e. The molecule has 1 amide bonds. The molecular formula is C23H23ClN2O4S. The molecule has 3 aromatic rings. The highest BCUT2D eigenvalue weighted by Crippen LogP contribution is 2.23. The Kier molecular flexibility index (Phi) is 7.20. The Labute approximate surface area is 187 Å². The van der Waals surface area contributed by atoms with E-state index < -0.39 is 15.9 Å². The highest BCUT2D eigenvalue weighted by atomic mass is 35.5. The van der Waals surface area contributed by atoms with Crippen LogP contribution in [0.5, 0.6) is 5.75 Å². The van der Waals surface area contributed by atoms with E-state index in [0.29, 0.717) is 5.75 Å². The summed E-state index contributed by atoms with van der Waals surface area (Å²) in [6, 6.07) is 18.5. The van der Waals surface area contributed by atoms with Crippen LogP contribution < -0.4 is 14.8 Å². The zero-order chi connectivity index (χ0) is 22.4. The van der Waals surface area contributed by atoms with Crippen molar-refractivity contribution >= 4 is 33.2 Å². The summed E-state index contributed by atoms with van der Waals surface area (Å²) in [5.74, 6) is 0.291. The maximum absolute atomic E-state index is 12.6. The van der Waals surface area contributed by atoms with Crippen LogP contribution in [0, 0.1) is 13.8 Å². The molecule has 31 heavy (non-hydrogen) atoms. The molecule has 0 heterocycles. The van der Waals surface area contributed by atoms with Gasteiger partial charge in [-0.1, -0.05) is 47.0 Å². The SMILES string of the molecule is Cc1ccc(OCCNC(=O)c2cc(NS(=O)(=O)c3ccc(C)cc3)ccc2Cl)cc1. The highest BCUT2D eigenvalue weighted by Gasteiger charge is 2.16. The van der Waals surface area contributed by atoms with Crippen LogP contribution in [0.25, 0.3) is 0 Å². The van der Waals surface area contributed by atoms with Gasteiger partial charge in [0.2, 0.25) is 0 Å². The molecular weight excluding hydrogens is 436 g/mol. The second kappa shape index (κ2) is 9.85. The first-order chi connectivity index (χ1) is 14.7. The van der Waals surface area contributed by atoms with Crippen molar-refractivity contribution in [1.82, 2.24) is 5.32 Å². The fourth-order valence-electron chi connectivity index (χ4n) is 2.76. The number of halogens is 1. The molecule has 0 saturated heterocycles. The quantitative estimate of drug-likeness (QED) is 0.484. The molecule has 0 aliphatic heterocycles. The number of rotatable bonds is 8. The van der Waals surface area contributed by atoms with Gasteiger partial charge in [0.1, 0.15) is 12.4 Å². The number of ether oxygens (including phenoxy) is 1. The average molecular weight is 459 g/mol. The summed E-state index contributed by atoms with van der Waals surface area (Å²) in [6.45, 7) is 4.41. The number of carbonyl (C=O) groups excluding carboxylic acids is 1. The lowest BCUT2D eigenvalue weighted by atomic mass is 10.2. The van der Waals surface area contributed by atoms with Crippen molar-refractivity contribution in [2.24, 2.45) is 0 Å². The number of benzene rings is 3. The molecule has 0 aromatic heterocycles. The first-order valence-corrected chi connectivity index (χ1v) is 11.5. The minimum atomic E-state index is -3.78.